The second-order valence-corrected chi connectivity index (χ2v) is 7.39. The molecular formula is C18H32N2. The molecule has 114 valence electrons. The monoisotopic (exact) mass is 276 g/mol. The van der Waals surface area contributed by atoms with Crippen molar-refractivity contribution in [2.45, 2.75) is 52.6 Å². The third-order valence-corrected chi connectivity index (χ3v) is 4.67. The number of nitrogens with zero attached hydrogens (tertiary/aromatic N) is 2. The van der Waals surface area contributed by atoms with E-state index in [0.29, 0.717) is 0 Å². The van der Waals surface area contributed by atoms with Gasteiger partial charge in [-0.15, -0.1) is 0 Å². The maximum absolute atomic E-state index is 2.46. The average molecular weight is 276 g/mol. The molecular weight excluding hydrogens is 244 g/mol. The van der Waals surface area contributed by atoms with E-state index in [-0.39, 0.29) is 11.1 Å². The van der Waals surface area contributed by atoms with E-state index in [2.05, 4.69) is 89.7 Å². The standard InChI is InChI=1S/C18H32N2/c1-15-11-9-10-12-16(15)18(5,6)20(8)14-13-19(7)17(2,3)4/h9-12H,13-14H2,1-8H3. The summed E-state index contributed by atoms with van der Waals surface area (Å²) in [6.07, 6.45) is 0. The van der Waals surface area contributed by atoms with E-state index in [1.807, 2.05) is 0 Å². The predicted octanol–water partition coefficient (Wildman–Crippen LogP) is 3.89. The van der Waals surface area contributed by atoms with Gasteiger partial charge in [-0.1, -0.05) is 24.3 Å². The average Bonchev–Trinajstić information content (AvgIpc) is 2.34. The lowest BCUT2D eigenvalue weighted by Crippen LogP contribution is -2.46. The molecule has 0 aromatic heterocycles. The van der Waals surface area contributed by atoms with Crippen LogP contribution in [0.5, 0.6) is 0 Å². The molecule has 1 rings (SSSR count). The lowest BCUT2D eigenvalue weighted by atomic mass is 9.89. The van der Waals surface area contributed by atoms with Crippen LogP contribution in [0.3, 0.4) is 0 Å². The van der Waals surface area contributed by atoms with Gasteiger partial charge < -0.3 is 4.90 Å². The molecule has 0 heterocycles. The number of likely N-dealkylation sites (N-methyl/N-ethyl adjacent to an activating group) is 2. The summed E-state index contributed by atoms with van der Waals surface area (Å²) in [6.45, 7) is 15.8. The molecule has 2 heteroatoms. The summed E-state index contributed by atoms with van der Waals surface area (Å²) < 4.78 is 0. The van der Waals surface area contributed by atoms with Gasteiger partial charge >= 0.3 is 0 Å². The third-order valence-electron chi connectivity index (χ3n) is 4.67. The molecule has 0 spiro atoms. The summed E-state index contributed by atoms with van der Waals surface area (Å²) >= 11 is 0. The van der Waals surface area contributed by atoms with Crippen LogP contribution in [0.1, 0.15) is 45.7 Å². The minimum absolute atomic E-state index is 0.0596. The molecule has 0 amide bonds. The lowest BCUT2D eigenvalue weighted by Gasteiger charge is -2.40. The van der Waals surface area contributed by atoms with E-state index in [1.54, 1.807) is 0 Å². The van der Waals surface area contributed by atoms with Gasteiger partial charge in [0.05, 0.1) is 0 Å². The van der Waals surface area contributed by atoms with Crippen molar-refractivity contribution in [2.24, 2.45) is 0 Å². The van der Waals surface area contributed by atoms with Crippen LogP contribution in [0, 0.1) is 6.92 Å². The molecule has 0 N–H and O–H groups in total. The van der Waals surface area contributed by atoms with Gasteiger partial charge in [-0.05, 0) is 66.8 Å². The second-order valence-electron chi connectivity index (χ2n) is 7.39. The molecule has 1 aromatic rings. The molecule has 0 fully saturated rings. The molecule has 0 aliphatic carbocycles. The van der Waals surface area contributed by atoms with Gasteiger partial charge in [-0.3, -0.25) is 4.90 Å². The summed E-state index contributed by atoms with van der Waals surface area (Å²) in [6, 6.07) is 8.70. The predicted molar refractivity (Wildman–Crippen MR) is 89.2 cm³/mol. The first kappa shape index (κ1) is 17.2. The molecule has 0 aliphatic rings. The van der Waals surface area contributed by atoms with E-state index in [9.17, 15) is 0 Å². The first-order valence-electron chi connectivity index (χ1n) is 7.55. The maximum Gasteiger partial charge on any atom is 0.0404 e. The number of rotatable bonds is 5. The van der Waals surface area contributed by atoms with Crippen molar-refractivity contribution >= 4 is 0 Å². The van der Waals surface area contributed by atoms with Crippen molar-refractivity contribution < 1.29 is 0 Å². The molecule has 0 unspecified atom stereocenters. The van der Waals surface area contributed by atoms with Crippen LogP contribution >= 0.6 is 0 Å². The zero-order valence-electron chi connectivity index (χ0n) is 14.6. The van der Waals surface area contributed by atoms with Gasteiger partial charge in [0.25, 0.3) is 0 Å². The summed E-state index contributed by atoms with van der Waals surface area (Å²) in [4.78, 5) is 4.87. The van der Waals surface area contributed by atoms with Crippen molar-refractivity contribution in [3.63, 3.8) is 0 Å². The number of hydrogen-bond donors (Lipinski definition) is 0. The van der Waals surface area contributed by atoms with Gasteiger partial charge in [0.2, 0.25) is 0 Å². The van der Waals surface area contributed by atoms with Crippen molar-refractivity contribution in [3.8, 4) is 0 Å². The Kier molecular flexibility index (Phi) is 5.39. The molecule has 1 aromatic carbocycles. The fraction of sp³-hybridized carbons (Fsp3) is 0.667. The summed E-state index contributed by atoms with van der Waals surface area (Å²) in [5.41, 5.74) is 3.08. The quantitative estimate of drug-likeness (QED) is 0.805. The Balaban J connectivity index is 2.76. The first-order valence-corrected chi connectivity index (χ1v) is 7.55. The van der Waals surface area contributed by atoms with E-state index >= 15 is 0 Å². The van der Waals surface area contributed by atoms with E-state index in [1.165, 1.54) is 11.1 Å². The summed E-state index contributed by atoms with van der Waals surface area (Å²) in [5.74, 6) is 0. The Morgan fingerprint density at radius 2 is 1.35 bits per heavy atom. The number of hydrogen-bond acceptors (Lipinski definition) is 2. The Morgan fingerprint density at radius 1 is 0.850 bits per heavy atom. The molecule has 2 nitrogen and oxygen atoms in total. The van der Waals surface area contributed by atoms with Gasteiger partial charge in [0.1, 0.15) is 0 Å². The Bertz CT molecular complexity index is 429. The van der Waals surface area contributed by atoms with Crippen LogP contribution in [0.25, 0.3) is 0 Å². The molecule has 0 atom stereocenters. The minimum Gasteiger partial charge on any atom is -0.300 e. The van der Waals surface area contributed by atoms with Crippen LogP contribution in [0.15, 0.2) is 24.3 Å². The van der Waals surface area contributed by atoms with Gasteiger partial charge in [-0.25, -0.2) is 0 Å². The van der Waals surface area contributed by atoms with Crippen LogP contribution in [-0.2, 0) is 5.54 Å². The zero-order chi connectivity index (χ0) is 15.6. The maximum atomic E-state index is 2.46. The molecule has 0 saturated heterocycles. The van der Waals surface area contributed by atoms with Gasteiger partial charge in [0, 0.05) is 24.2 Å². The highest BCUT2D eigenvalue weighted by molar-refractivity contribution is 5.31. The molecule has 0 radical (unpaired) electrons. The molecule has 20 heavy (non-hydrogen) atoms. The van der Waals surface area contributed by atoms with Crippen molar-refractivity contribution in [3.05, 3.63) is 35.4 Å². The van der Waals surface area contributed by atoms with Crippen molar-refractivity contribution in [1.29, 1.82) is 0 Å². The normalized spacial score (nSPS) is 13.3. The van der Waals surface area contributed by atoms with E-state index in [4.69, 9.17) is 0 Å². The van der Waals surface area contributed by atoms with E-state index < -0.39 is 0 Å². The third kappa shape index (κ3) is 4.07. The Hall–Kier alpha value is -0.860. The lowest BCUT2D eigenvalue weighted by molar-refractivity contribution is 0.106. The fourth-order valence-corrected chi connectivity index (χ4v) is 2.38. The first-order chi connectivity index (χ1) is 9.06. The Labute approximate surface area is 125 Å². The van der Waals surface area contributed by atoms with Crippen molar-refractivity contribution in [1.82, 2.24) is 9.80 Å². The fourth-order valence-electron chi connectivity index (χ4n) is 2.38. The van der Waals surface area contributed by atoms with Crippen LogP contribution in [-0.4, -0.2) is 42.5 Å². The van der Waals surface area contributed by atoms with E-state index in [0.717, 1.165) is 13.1 Å². The molecule has 0 saturated carbocycles. The van der Waals surface area contributed by atoms with Crippen LogP contribution in [0.2, 0.25) is 0 Å². The number of aryl methyl sites for hydroxylation is 1. The highest BCUT2D eigenvalue weighted by Crippen LogP contribution is 2.29. The van der Waals surface area contributed by atoms with Gasteiger partial charge in [-0.2, -0.15) is 0 Å². The summed E-state index contributed by atoms with van der Waals surface area (Å²) in [7, 11) is 4.43. The van der Waals surface area contributed by atoms with Crippen LogP contribution in [0.4, 0.5) is 0 Å². The second kappa shape index (κ2) is 6.28. The largest absolute Gasteiger partial charge is 0.300 e. The topological polar surface area (TPSA) is 6.48 Å². The summed E-state index contributed by atoms with van der Waals surface area (Å²) in [5, 5.41) is 0. The number of benzene rings is 1. The van der Waals surface area contributed by atoms with Crippen LogP contribution < -0.4 is 0 Å². The van der Waals surface area contributed by atoms with Crippen molar-refractivity contribution in [2.75, 3.05) is 27.2 Å². The Morgan fingerprint density at radius 3 is 1.85 bits per heavy atom. The highest BCUT2D eigenvalue weighted by Gasteiger charge is 2.27. The smallest absolute Gasteiger partial charge is 0.0404 e. The zero-order valence-corrected chi connectivity index (χ0v) is 14.6. The highest BCUT2D eigenvalue weighted by atomic mass is 15.2. The van der Waals surface area contributed by atoms with Gasteiger partial charge in [0.15, 0.2) is 0 Å². The minimum atomic E-state index is 0.0596. The SMILES string of the molecule is Cc1ccccc1C(C)(C)N(C)CCN(C)C(C)(C)C. The molecule has 0 bridgehead atoms. The molecule has 0 aliphatic heterocycles.